The van der Waals surface area contributed by atoms with E-state index in [-0.39, 0.29) is 16.3 Å². The smallest absolute Gasteiger partial charge is 0.322 e. The maximum atomic E-state index is 12.6. The van der Waals surface area contributed by atoms with Crippen LogP contribution in [-0.2, 0) is 0 Å². The van der Waals surface area contributed by atoms with Crippen molar-refractivity contribution < 1.29 is 18.0 Å². The molecule has 1 aliphatic heterocycles. The maximum Gasteiger partial charge on any atom is 0.413 e. The number of benzene rings is 1. The lowest BCUT2D eigenvalue weighted by molar-refractivity contribution is -0.155. The number of para-hydroxylation sites is 1. The molecule has 1 unspecified atom stereocenters. The molecule has 0 saturated carbocycles. The third-order valence-electron chi connectivity index (χ3n) is 2.20. The third kappa shape index (κ3) is 1.80. The van der Waals surface area contributed by atoms with Crippen LogP contribution < -0.4 is 10.6 Å². The topological polar surface area (TPSA) is 41.1 Å². The first kappa shape index (κ1) is 11.1. The Morgan fingerprint density at radius 3 is 2.62 bits per heavy atom. The Morgan fingerprint density at radius 1 is 1.31 bits per heavy atom. The number of fused-ring (bicyclic) bond motifs is 1. The van der Waals surface area contributed by atoms with Gasteiger partial charge in [-0.2, -0.15) is 13.2 Å². The maximum absolute atomic E-state index is 12.6. The SMILES string of the molecule is O=C1Nc2c(Cl)cccc2C(C(F)(F)F)N1. The zero-order valence-corrected chi connectivity index (χ0v) is 8.49. The van der Waals surface area contributed by atoms with E-state index in [0.717, 1.165) is 0 Å². The Labute approximate surface area is 93.6 Å². The minimum Gasteiger partial charge on any atom is -0.322 e. The molecule has 1 aliphatic rings. The second kappa shape index (κ2) is 3.55. The van der Waals surface area contributed by atoms with E-state index in [4.69, 9.17) is 11.6 Å². The van der Waals surface area contributed by atoms with Crippen LogP contribution in [0.4, 0.5) is 23.7 Å². The van der Waals surface area contributed by atoms with Gasteiger partial charge in [0, 0.05) is 5.56 Å². The summed E-state index contributed by atoms with van der Waals surface area (Å²) >= 11 is 5.71. The third-order valence-corrected chi connectivity index (χ3v) is 2.51. The number of amides is 2. The van der Waals surface area contributed by atoms with E-state index in [1.165, 1.54) is 18.2 Å². The predicted octanol–water partition coefficient (Wildman–Crippen LogP) is 3.08. The monoisotopic (exact) mass is 250 g/mol. The van der Waals surface area contributed by atoms with E-state index in [1.807, 2.05) is 0 Å². The molecule has 16 heavy (non-hydrogen) atoms. The normalized spacial score (nSPS) is 19.8. The zero-order valence-electron chi connectivity index (χ0n) is 7.73. The van der Waals surface area contributed by atoms with Crippen molar-refractivity contribution in [2.24, 2.45) is 0 Å². The van der Waals surface area contributed by atoms with Crippen LogP contribution in [0.1, 0.15) is 11.6 Å². The summed E-state index contributed by atoms with van der Waals surface area (Å²) in [5.41, 5.74) is -0.0742. The molecule has 0 aromatic heterocycles. The highest BCUT2D eigenvalue weighted by atomic mass is 35.5. The number of hydrogen-bond acceptors (Lipinski definition) is 1. The van der Waals surface area contributed by atoms with Crippen LogP contribution in [0, 0.1) is 0 Å². The summed E-state index contributed by atoms with van der Waals surface area (Å²) in [5.74, 6) is 0. The van der Waals surface area contributed by atoms with Gasteiger partial charge in [-0.3, -0.25) is 0 Å². The Hall–Kier alpha value is -1.43. The molecular weight excluding hydrogens is 245 g/mol. The van der Waals surface area contributed by atoms with Crippen molar-refractivity contribution in [3.63, 3.8) is 0 Å². The Bertz CT molecular complexity index is 447. The Morgan fingerprint density at radius 2 is 2.00 bits per heavy atom. The van der Waals surface area contributed by atoms with E-state index < -0.39 is 18.2 Å². The van der Waals surface area contributed by atoms with Crippen molar-refractivity contribution >= 4 is 23.3 Å². The molecule has 1 heterocycles. The number of urea groups is 1. The van der Waals surface area contributed by atoms with Gasteiger partial charge < -0.3 is 10.6 Å². The fourth-order valence-corrected chi connectivity index (χ4v) is 1.76. The number of nitrogens with one attached hydrogen (secondary N) is 2. The fraction of sp³-hybridized carbons (Fsp3) is 0.222. The molecule has 7 heteroatoms. The summed E-state index contributed by atoms with van der Waals surface area (Å²) in [6.45, 7) is 0. The lowest BCUT2D eigenvalue weighted by Crippen LogP contribution is -2.44. The molecule has 3 nitrogen and oxygen atoms in total. The van der Waals surface area contributed by atoms with Gasteiger partial charge in [0.15, 0.2) is 6.04 Å². The lowest BCUT2D eigenvalue weighted by atomic mass is 10.0. The Kier molecular flexibility index (Phi) is 2.46. The minimum absolute atomic E-state index is 0.00948. The predicted molar refractivity (Wildman–Crippen MR) is 52.4 cm³/mol. The molecule has 2 amide bonds. The lowest BCUT2D eigenvalue weighted by Gasteiger charge is -2.29. The summed E-state index contributed by atoms with van der Waals surface area (Å²) in [6, 6.07) is 1.16. The molecular formula is C9H6ClF3N2O. The number of carbonyl (C=O) groups is 1. The molecule has 0 bridgehead atoms. The molecule has 1 aromatic rings. The van der Waals surface area contributed by atoms with Crippen molar-refractivity contribution in [3.05, 3.63) is 28.8 Å². The van der Waals surface area contributed by atoms with E-state index in [0.29, 0.717) is 0 Å². The molecule has 0 aliphatic carbocycles. The number of carbonyl (C=O) groups excluding carboxylic acids is 1. The summed E-state index contributed by atoms with van der Waals surface area (Å²) in [4.78, 5) is 11.1. The molecule has 0 saturated heterocycles. The van der Waals surface area contributed by atoms with Gasteiger partial charge in [0.1, 0.15) is 0 Å². The van der Waals surface area contributed by atoms with Crippen LogP contribution in [0.3, 0.4) is 0 Å². The number of halogens is 4. The van der Waals surface area contributed by atoms with Gasteiger partial charge in [-0.1, -0.05) is 23.7 Å². The first-order chi connectivity index (χ1) is 7.39. The molecule has 2 N–H and O–H groups in total. The van der Waals surface area contributed by atoms with Crippen molar-refractivity contribution in [1.82, 2.24) is 5.32 Å². The quantitative estimate of drug-likeness (QED) is 0.730. The van der Waals surface area contributed by atoms with Gasteiger partial charge in [-0.25, -0.2) is 4.79 Å². The average molecular weight is 251 g/mol. The van der Waals surface area contributed by atoms with Gasteiger partial charge in [-0.05, 0) is 6.07 Å². The van der Waals surface area contributed by atoms with E-state index in [2.05, 4.69) is 5.32 Å². The molecule has 86 valence electrons. The summed E-state index contributed by atoms with van der Waals surface area (Å²) in [5, 5.41) is 4.14. The number of alkyl halides is 3. The highest BCUT2D eigenvalue weighted by Crippen LogP contribution is 2.40. The summed E-state index contributed by atoms with van der Waals surface area (Å²) in [7, 11) is 0. The van der Waals surface area contributed by atoms with Gasteiger partial charge in [-0.15, -0.1) is 0 Å². The number of rotatable bonds is 0. The van der Waals surface area contributed by atoms with E-state index in [1.54, 1.807) is 5.32 Å². The number of hydrogen-bond donors (Lipinski definition) is 2. The van der Waals surface area contributed by atoms with Crippen LogP contribution in [-0.4, -0.2) is 12.2 Å². The van der Waals surface area contributed by atoms with Crippen LogP contribution in [0.15, 0.2) is 18.2 Å². The molecule has 1 atom stereocenters. The highest BCUT2D eigenvalue weighted by molar-refractivity contribution is 6.34. The van der Waals surface area contributed by atoms with Crippen LogP contribution >= 0.6 is 11.6 Å². The van der Waals surface area contributed by atoms with Crippen molar-refractivity contribution in [2.45, 2.75) is 12.2 Å². The molecule has 0 fully saturated rings. The first-order valence-electron chi connectivity index (χ1n) is 4.32. The second-order valence-corrected chi connectivity index (χ2v) is 3.68. The van der Waals surface area contributed by atoms with Gasteiger partial charge in [0.2, 0.25) is 0 Å². The first-order valence-corrected chi connectivity index (χ1v) is 4.70. The molecule has 1 aromatic carbocycles. The van der Waals surface area contributed by atoms with Gasteiger partial charge >= 0.3 is 12.2 Å². The van der Waals surface area contributed by atoms with Crippen LogP contribution in [0.2, 0.25) is 5.02 Å². The summed E-state index contributed by atoms with van der Waals surface area (Å²) in [6.07, 6.45) is -4.54. The highest BCUT2D eigenvalue weighted by Gasteiger charge is 2.45. The van der Waals surface area contributed by atoms with Crippen molar-refractivity contribution in [2.75, 3.05) is 5.32 Å². The van der Waals surface area contributed by atoms with Crippen molar-refractivity contribution in [3.8, 4) is 0 Å². The van der Waals surface area contributed by atoms with Gasteiger partial charge in [0.25, 0.3) is 0 Å². The average Bonchev–Trinajstić information content (AvgIpc) is 2.17. The van der Waals surface area contributed by atoms with E-state index in [9.17, 15) is 18.0 Å². The van der Waals surface area contributed by atoms with Gasteiger partial charge in [0.05, 0.1) is 10.7 Å². The van der Waals surface area contributed by atoms with Crippen molar-refractivity contribution in [1.29, 1.82) is 0 Å². The second-order valence-electron chi connectivity index (χ2n) is 3.28. The van der Waals surface area contributed by atoms with E-state index >= 15 is 0 Å². The van der Waals surface area contributed by atoms with Crippen LogP contribution in [0.25, 0.3) is 0 Å². The zero-order chi connectivity index (χ0) is 11.9. The summed E-state index contributed by atoms with van der Waals surface area (Å²) < 4.78 is 37.9. The molecule has 0 radical (unpaired) electrons. The number of anilines is 1. The van der Waals surface area contributed by atoms with Crippen LogP contribution in [0.5, 0.6) is 0 Å². The molecule has 2 rings (SSSR count). The largest absolute Gasteiger partial charge is 0.413 e. The Balaban J connectivity index is 2.55. The fourth-order valence-electron chi connectivity index (χ4n) is 1.53. The molecule has 0 spiro atoms. The minimum atomic E-state index is -4.54. The standard InChI is InChI=1S/C9H6ClF3N2O/c10-5-3-1-2-4-6(5)14-8(16)15-7(4)9(11,12)13/h1-3,7H,(H2,14,15,16).